The van der Waals surface area contributed by atoms with Crippen molar-refractivity contribution in [3.8, 4) is 5.95 Å². The van der Waals surface area contributed by atoms with Crippen LogP contribution in [0.15, 0.2) is 59.5 Å². The second-order valence-electron chi connectivity index (χ2n) is 6.03. The lowest BCUT2D eigenvalue weighted by atomic mass is 10.2. The van der Waals surface area contributed by atoms with E-state index < -0.39 is 5.56 Å². The number of aryl methyl sites for hydroxylation is 1. The predicted molar refractivity (Wildman–Crippen MR) is 103 cm³/mol. The molecule has 27 heavy (non-hydrogen) atoms. The van der Waals surface area contributed by atoms with Crippen LogP contribution in [0.2, 0.25) is 5.02 Å². The summed E-state index contributed by atoms with van der Waals surface area (Å²) in [7, 11) is 1.81. The normalized spacial score (nSPS) is 11.1. The maximum atomic E-state index is 13.0. The molecule has 4 rings (SSSR count). The second kappa shape index (κ2) is 6.85. The van der Waals surface area contributed by atoms with Crippen LogP contribution in [-0.2, 0) is 13.6 Å². The van der Waals surface area contributed by atoms with Crippen LogP contribution in [0.5, 0.6) is 0 Å². The van der Waals surface area contributed by atoms with Crippen LogP contribution >= 0.6 is 11.6 Å². The van der Waals surface area contributed by atoms with Crippen molar-refractivity contribution in [2.24, 2.45) is 7.05 Å². The van der Waals surface area contributed by atoms with E-state index in [0.717, 1.165) is 16.6 Å². The molecule has 0 bridgehead atoms. The Bertz CT molecular complexity index is 1180. The first kappa shape index (κ1) is 17.2. The van der Waals surface area contributed by atoms with Gasteiger partial charge in [-0.05, 0) is 29.8 Å². The third-order valence-electron chi connectivity index (χ3n) is 4.27. The number of hydrogen-bond donors (Lipinski definition) is 1. The van der Waals surface area contributed by atoms with Gasteiger partial charge in [0.1, 0.15) is 10.8 Å². The molecule has 2 aromatic heterocycles. The highest BCUT2D eigenvalue weighted by Gasteiger charge is 2.15. The van der Waals surface area contributed by atoms with Gasteiger partial charge >= 0.3 is 0 Å². The summed E-state index contributed by atoms with van der Waals surface area (Å²) >= 11 is 6.26. The van der Waals surface area contributed by atoms with E-state index in [1.807, 2.05) is 31.3 Å². The minimum Gasteiger partial charge on any atom is -0.378 e. The number of nitrogens with one attached hydrogen (secondary N) is 1. The fraction of sp³-hybridized carbons (Fsp3) is 0.105. The van der Waals surface area contributed by atoms with Gasteiger partial charge in [-0.2, -0.15) is 9.78 Å². The fourth-order valence-corrected chi connectivity index (χ4v) is 3.02. The number of para-hydroxylation sites is 2. The fourth-order valence-electron chi connectivity index (χ4n) is 2.82. The molecule has 0 fully saturated rings. The Morgan fingerprint density at radius 2 is 1.89 bits per heavy atom. The van der Waals surface area contributed by atoms with E-state index >= 15 is 0 Å². The highest BCUT2D eigenvalue weighted by atomic mass is 35.5. The SMILES string of the molecule is Cn1c(-n2ncc(NCc3ccc(F)cc3)c(Cl)c2=O)nc2ccccc21. The van der Waals surface area contributed by atoms with Gasteiger partial charge in [0.05, 0.1) is 22.9 Å². The van der Waals surface area contributed by atoms with E-state index in [0.29, 0.717) is 18.2 Å². The van der Waals surface area contributed by atoms with E-state index in [4.69, 9.17) is 11.6 Å². The highest BCUT2D eigenvalue weighted by Crippen LogP contribution is 2.20. The number of anilines is 1. The molecule has 0 atom stereocenters. The Kier molecular flexibility index (Phi) is 4.37. The zero-order valence-corrected chi connectivity index (χ0v) is 15.1. The van der Waals surface area contributed by atoms with Gasteiger partial charge in [-0.3, -0.25) is 4.79 Å². The number of halogens is 2. The molecule has 0 saturated heterocycles. The van der Waals surface area contributed by atoms with Crippen LogP contribution < -0.4 is 10.9 Å². The molecule has 0 aliphatic carbocycles. The summed E-state index contributed by atoms with van der Waals surface area (Å²) in [6, 6.07) is 13.6. The van der Waals surface area contributed by atoms with Crippen LogP contribution in [0.1, 0.15) is 5.56 Å². The Morgan fingerprint density at radius 1 is 1.15 bits per heavy atom. The van der Waals surface area contributed by atoms with E-state index in [9.17, 15) is 9.18 Å². The summed E-state index contributed by atoms with van der Waals surface area (Å²) in [5.41, 5.74) is 2.43. The van der Waals surface area contributed by atoms with Crippen molar-refractivity contribution in [3.63, 3.8) is 0 Å². The minimum absolute atomic E-state index is 0.0131. The third-order valence-corrected chi connectivity index (χ3v) is 4.63. The third kappa shape index (κ3) is 3.17. The molecule has 8 heteroatoms. The first-order valence-corrected chi connectivity index (χ1v) is 8.60. The highest BCUT2D eigenvalue weighted by molar-refractivity contribution is 6.32. The van der Waals surface area contributed by atoms with Gasteiger partial charge in [-0.1, -0.05) is 35.9 Å². The summed E-state index contributed by atoms with van der Waals surface area (Å²) in [5.74, 6) is 0.0803. The standard InChI is InChI=1S/C19H15ClFN5O/c1-25-16-5-3-2-4-14(16)24-19(25)26-18(27)17(20)15(11-23-26)22-10-12-6-8-13(21)9-7-12/h2-9,11,22H,10H2,1H3. The lowest BCUT2D eigenvalue weighted by molar-refractivity contribution is 0.627. The van der Waals surface area contributed by atoms with Crippen LogP contribution in [0.25, 0.3) is 17.0 Å². The first-order valence-electron chi connectivity index (χ1n) is 8.22. The van der Waals surface area contributed by atoms with Gasteiger partial charge in [0.2, 0.25) is 5.95 Å². The van der Waals surface area contributed by atoms with Gasteiger partial charge in [0.25, 0.3) is 5.56 Å². The van der Waals surface area contributed by atoms with E-state index in [1.165, 1.54) is 23.0 Å². The van der Waals surface area contributed by atoms with Gasteiger partial charge in [-0.15, -0.1) is 0 Å². The summed E-state index contributed by atoms with van der Waals surface area (Å²) < 4.78 is 15.9. The number of imidazole rings is 1. The molecule has 2 aromatic carbocycles. The number of nitrogens with zero attached hydrogens (tertiary/aromatic N) is 4. The lowest BCUT2D eigenvalue weighted by Crippen LogP contribution is -2.25. The van der Waals surface area contributed by atoms with Crippen molar-refractivity contribution < 1.29 is 4.39 Å². The first-order chi connectivity index (χ1) is 13.0. The molecule has 0 radical (unpaired) electrons. The molecule has 1 N–H and O–H groups in total. The molecular weight excluding hydrogens is 369 g/mol. The number of fused-ring (bicyclic) bond motifs is 1. The maximum Gasteiger partial charge on any atom is 0.295 e. The topological polar surface area (TPSA) is 64.7 Å². The molecule has 0 unspecified atom stereocenters. The molecule has 136 valence electrons. The van der Waals surface area contributed by atoms with Crippen molar-refractivity contribution in [3.05, 3.63) is 81.5 Å². The van der Waals surface area contributed by atoms with Crippen LogP contribution in [0.4, 0.5) is 10.1 Å². The zero-order chi connectivity index (χ0) is 19.0. The summed E-state index contributed by atoms with van der Waals surface area (Å²) in [6.07, 6.45) is 1.48. The Hall–Kier alpha value is -3.19. The van der Waals surface area contributed by atoms with E-state index in [1.54, 1.807) is 16.7 Å². The maximum absolute atomic E-state index is 13.0. The molecule has 2 heterocycles. The summed E-state index contributed by atoms with van der Waals surface area (Å²) in [4.78, 5) is 17.2. The van der Waals surface area contributed by atoms with Gasteiger partial charge in [0, 0.05) is 13.6 Å². The Labute approximate surface area is 158 Å². The molecule has 0 aliphatic heterocycles. The quantitative estimate of drug-likeness (QED) is 0.585. The lowest BCUT2D eigenvalue weighted by Gasteiger charge is -2.10. The van der Waals surface area contributed by atoms with Crippen LogP contribution in [0, 0.1) is 5.82 Å². The monoisotopic (exact) mass is 383 g/mol. The number of rotatable bonds is 4. The molecule has 0 saturated carbocycles. The smallest absolute Gasteiger partial charge is 0.295 e. The van der Waals surface area contributed by atoms with Crippen LogP contribution in [-0.4, -0.2) is 19.3 Å². The zero-order valence-electron chi connectivity index (χ0n) is 14.4. The Morgan fingerprint density at radius 3 is 2.63 bits per heavy atom. The number of hydrogen-bond acceptors (Lipinski definition) is 4. The average molecular weight is 384 g/mol. The Balaban J connectivity index is 1.66. The summed E-state index contributed by atoms with van der Waals surface area (Å²) in [5, 5.41) is 7.27. The molecular formula is C19H15ClFN5O. The molecule has 0 aliphatic rings. The number of aromatic nitrogens is 4. The second-order valence-corrected chi connectivity index (χ2v) is 6.41. The molecule has 0 spiro atoms. The van der Waals surface area contributed by atoms with Gasteiger partial charge in [0.15, 0.2) is 0 Å². The predicted octanol–water partition coefficient (Wildman–Crippen LogP) is 3.52. The minimum atomic E-state index is -0.473. The average Bonchev–Trinajstić information content (AvgIpc) is 3.01. The summed E-state index contributed by atoms with van der Waals surface area (Å²) in [6.45, 7) is 0.386. The van der Waals surface area contributed by atoms with Gasteiger partial charge < -0.3 is 9.88 Å². The van der Waals surface area contributed by atoms with Gasteiger partial charge in [-0.25, -0.2) is 9.37 Å². The van der Waals surface area contributed by atoms with Crippen molar-refractivity contribution in [2.75, 3.05) is 5.32 Å². The van der Waals surface area contributed by atoms with Crippen molar-refractivity contribution >= 4 is 28.3 Å². The van der Waals surface area contributed by atoms with Crippen LogP contribution in [0.3, 0.4) is 0 Å². The molecule has 4 aromatic rings. The van der Waals surface area contributed by atoms with Crippen molar-refractivity contribution in [1.29, 1.82) is 0 Å². The van der Waals surface area contributed by atoms with E-state index in [2.05, 4.69) is 15.4 Å². The van der Waals surface area contributed by atoms with Crippen molar-refractivity contribution in [2.45, 2.75) is 6.54 Å². The molecule has 0 amide bonds. The van der Waals surface area contributed by atoms with E-state index in [-0.39, 0.29) is 10.8 Å². The number of benzene rings is 2. The largest absolute Gasteiger partial charge is 0.378 e. The van der Waals surface area contributed by atoms with Crippen molar-refractivity contribution in [1.82, 2.24) is 19.3 Å². The molecule has 6 nitrogen and oxygen atoms in total.